The van der Waals surface area contributed by atoms with Gasteiger partial charge in [0.1, 0.15) is 11.4 Å². The molecular formula is C34H43FN4O5S. The van der Waals surface area contributed by atoms with Crippen LogP contribution in [0, 0.1) is 29.0 Å². The third-order valence-corrected chi connectivity index (χ3v) is 10.0. The molecule has 5 rings (SSSR count). The summed E-state index contributed by atoms with van der Waals surface area (Å²) in [6.45, 7) is 9.83. The number of methoxy groups -OCH3 is 1. The van der Waals surface area contributed by atoms with E-state index in [2.05, 4.69) is 11.0 Å². The van der Waals surface area contributed by atoms with Crippen LogP contribution in [-0.2, 0) is 20.7 Å². The standard InChI is InChI=1S/C34H43FN4O5S/c1-34(2,3)44-33(42)39-27-8-7-25(17-27)31(39)29(40)16-22(20-36)15-24-6-5-23(18-28(24)35)26-19-30(45-21-26)32(41)38-11-9-37(10-12-38)13-14-43-4/h5-6,18-19,21-22,25,27,31H,7-17H2,1-4H3/t22-,25+,27-,31+/m1/s1. The number of ketones is 1. The molecule has 0 N–H and O–H groups in total. The van der Waals surface area contributed by atoms with E-state index in [9.17, 15) is 19.6 Å². The maximum atomic E-state index is 15.4. The molecule has 45 heavy (non-hydrogen) atoms. The third kappa shape index (κ3) is 7.74. The van der Waals surface area contributed by atoms with E-state index in [-0.39, 0.29) is 36.5 Å². The zero-order chi connectivity index (χ0) is 32.3. The highest BCUT2D eigenvalue weighted by molar-refractivity contribution is 7.12. The predicted octanol–water partition coefficient (Wildman–Crippen LogP) is 5.39. The molecule has 3 fully saturated rings. The fourth-order valence-corrected chi connectivity index (χ4v) is 7.70. The fourth-order valence-electron chi connectivity index (χ4n) is 6.82. The summed E-state index contributed by atoms with van der Waals surface area (Å²) >= 11 is 1.35. The van der Waals surface area contributed by atoms with E-state index < -0.39 is 29.5 Å². The Hall–Kier alpha value is -3.33. The first-order chi connectivity index (χ1) is 21.5. The van der Waals surface area contributed by atoms with Gasteiger partial charge in [-0.05, 0) is 86.6 Å². The summed E-state index contributed by atoms with van der Waals surface area (Å²) in [4.78, 5) is 45.9. The van der Waals surface area contributed by atoms with Crippen molar-refractivity contribution in [3.8, 4) is 17.2 Å². The quantitative estimate of drug-likeness (QED) is 0.344. The van der Waals surface area contributed by atoms with Gasteiger partial charge in [-0.15, -0.1) is 11.3 Å². The molecule has 0 radical (unpaired) electrons. The van der Waals surface area contributed by atoms with E-state index in [4.69, 9.17) is 9.47 Å². The number of piperidine rings is 1. The van der Waals surface area contributed by atoms with Crippen molar-refractivity contribution in [3.63, 3.8) is 0 Å². The molecule has 2 bridgehead atoms. The minimum atomic E-state index is -0.724. The number of ether oxygens (including phenoxy) is 2. The highest BCUT2D eigenvalue weighted by atomic mass is 32.1. The van der Waals surface area contributed by atoms with E-state index in [1.807, 2.05) is 10.3 Å². The summed E-state index contributed by atoms with van der Waals surface area (Å²) in [6.07, 6.45) is 2.03. The number of Topliss-reactive ketones (excluding diaryl/α,β-unsaturated/α-hetero) is 1. The van der Waals surface area contributed by atoms with Crippen LogP contribution in [-0.4, -0.2) is 96.6 Å². The molecule has 11 heteroatoms. The zero-order valence-corrected chi connectivity index (χ0v) is 27.4. The maximum Gasteiger partial charge on any atom is 0.411 e. The number of rotatable bonds is 10. The zero-order valence-electron chi connectivity index (χ0n) is 26.6. The average molecular weight is 639 g/mol. The van der Waals surface area contributed by atoms with Gasteiger partial charge in [-0.2, -0.15) is 5.26 Å². The van der Waals surface area contributed by atoms with Crippen molar-refractivity contribution >= 4 is 29.1 Å². The lowest BCUT2D eigenvalue weighted by atomic mass is 9.87. The molecule has 1 aromatic carbocycles. The Morgan fingerprint density at radius 2 is 1.87 bits per heavy atom. The number of amides is 2. The number of piperazine rings is 1. The van der Waals surface area contributed by atoms with Gasteiger partial charge in [-0.25, -0.2) is 9.18 Å². The normalized spacial score (nSPS) is 22.4. The second kappa shape index (κ2) is 14.0. The van der Waals surface area contributed by atoms with Crippen molar-refractivity contribution in [1.29, 1.82) is 5.26 Å². The van der Waals surface area contributed by atoms with Gasteiger partial charge in [0.05, 0.1) is 29.5 Å². The number of halogens is 1. The molecule has 1 aromatic heterocycles. The van der Waals surface area contributed by atoms with Crippen LogP contribution in [0.25, 0.3) is 11.1 Å². The molecular weight excluding hydrogens is 595 g/mol. The van der Waals surface area contributed by atoms with Gasteiger partial charge in [-0.1, -0.05) is 12.1 Å². The van der Waals surface area contributed by atoms with Crippen molar-refractivity contribution in [2.45, 2.75) is 70.6 Å². The Bertz CT molecular complexity index is 1440. The summed E-state index contributed by atoms with van der Waals surface area (Å²) in [7, 11) is 1.68. The van der Waals surface area contributed by atoms with Crippen LogP contribution in [0.3, 0.4) is 0 Å². The van der Waals surface area contributed by atoms with E-state index in [1.165, 1.54) is 17.4 Å². The number of benzene rings is 1. The van der Waals surface area contributed by atoms with Crippen LogP contribution in [0.2, 0.25) is 0 Å². The number of hydrogen-bond donors (Lipinski definition) is 0. The molecule has 2 aliphatic heterocycles. The summed E-state index contributed by atoms with van der Waals surface area (Å²) in [5, 5.41) is 11.8. The van der Waals surface area contributed by atoms with Crippen molar-refractivity contribution in [3.05, 3.63) is 45.9 Å². The van der Waals surface area contributed by atoms with Crippen LogP contribution in [0.5, 0.6) is 0 Å². The predicted molar refractivity (Wildman–Crippen MR) is 169 cm³/mol. The van der Waals surface area contributed by atoms with Gasteiger partial charge in [0.25, 0.3) is 5.91 Å². The SMILES string of the molecule is COCCN1CCN(C(=O)c2cc(-c3ccc(C[C@@H](C#N)CC(=O)[C@@H]4[C@H]5CC[C@H](C5)N4C(=O)OC(C)(C)C)c(F)c3)cs2)CC1. The van der Waals surface area contributed by atoms with Crippen molar-refractivity contribution in [2.75, 3.05) is 46.4 Å². The van der Waals surface area contributed by atoms with Gasteiger partial charge in [-0.3, -0.25) is 19.4 Å². The summed E-state index contributed by atoms with van der Waals surface area (Å²) in [5.74, 6) is -1.29. The van der Waals surface area contributed by atoms with E-state index in [0.717, 1.165) is 44.5 Å². The second-order valence-electron chi connectivity index (χ2n) is 13.4. The number of carbonyl (C=O) groups excluding carboxylic acids is 3. The third-order valence-electron chi connectivity index (χ3n) is 9.08. The smallest absolute Gasteiger partial charge is 0.411 e. The molecule has 3 heterocycles. The molecule has 242 valence electrons. The summed E-state index contributed by atoms with van der Waals surface area (Å²) < 4.78 is 26.1. The first-order valence-corrected chi connectivity index (χ1v) is 16.7. The minimum absolute atomic E-state index is 0.0167. The number of nitriles is 1. The number of thiophene rings is 1. The monoisotopic (exact) mass is 638 g/mol. The van der Waals surface area contributed by atoms with Crippen LogP contribution >= 0.6 is 11.3 Å². The molecule has 3 aliphatic rings. The van der Waals surface area contributed by atoms with Gasteiger partial charge in [0.2, 0.25) is 0 Å². The van der Waals surface area contributed by atoms with Gasteiger partial charge >= 0.3 is 6.09 Å². The van der Waals surface area contributed by atoms with Crippen LogP contribution in [0.4, 0.5) is 9.18 Å². The first kappa shape index (κ1) is 33.0. The summed E-state index contributed by atoms with van der Waals surface area (Å²) in [5.41, 5.74) is 1.09. The Morgan fingerprint density at radius 1 is 1.11 bits per heavy atom. The van der Waals surface area contributed by atoms with Crippen molar-refractivity contribution in [2.24, 2.45) is 11.8 Å². The Balaban J connectivity index is 1.20. The lowest BCUT2D eigenvalue weighted by Gasteiger charge is -2.35. The number of nitrogens with zero attached hydrogens (tertiary/aromatic N) is 4. The van der Waals surface area contributed by atoms with Crippen molar-refractivity contribution < 1.29 is 28.2 Å². The highest BCUT2D eigenvalue weighted by Gasteiger charge is 2.52. The second-order valence-corrected chi connectivity index (χ2v) is 14.3. The Labute approximate surface area is 268 Å². The number of carbonyl (C=O) groups is 3. The molecule has 0 spiro atoms. The Kier molecular flexibility index (Phi) is 10.3. The minimum Gasteiger partial charge on any atom is -0.444 e. The molecule has 2 aromatic rings. The van der Waals surface area contributed by atoms with E-state index >= 15 is 4.39 Å². The topological polar surface area (TPSA) is 103 Å². The Morgan fingerprint density at radius 3 is 2.53 bits per heavy atom. The molecule has 1 aliphatic carbocycles. The number of hydrogen-bond acceptors (Lipinski definition) is 8. The van der Waals surface area contributed by atoms with Crippen LogP contribution in [0.1, 0.15) is 61.7 Å². The van der Waals surface area contributed by atoms with E-state index in [0.29, 0.717) is 35.7 Å². The summed E-state index contributed by atoms with van der Waals surface area (Å²) in [6, 6.07) is 8.25. The van der Waals surface area contributed by atoms with Crippen LogP contribution in [0.15, 0.2) is 29.6 Å². The molecule has 4 atom stereocenters. The van der Waals surface area contributed by atoms with E-state index in [1.54, 1.807) is 51.0 Å². The lowest BCUT2D eigenvalue weighted by molar-refractivity contribution is -0.126. The van der Waals surface area contributed by atoms with Crippen molar-refractivity contribution in [1.82, 2.24) is 14.7 Å². The number of likely N-dealkylation sites (tertiary alicyclic amines) is 1. The highest BCUT2D eigenvalue weighted by Crippen LogP contribution is 2.44. The molecule has 1 saturated carbocycles. The fraction of sp³-hybridized carbons (Fsp3) is 0.588. The average Bonchev–Trinajstić information content (AvgIpc) is 3.77. The first-order valence-electron chi connectivity index (χ1n) is 15.8. The molecule has 0 unspecified atom stereocenters. The lowest BCUT2D eigenvalue weighted by Crippen LogP contribution is -2.51. The largest absolute Gasteiger partial charge is 0.444 e. The van der Waals surface area contributed by atoms with Gasteiger partial charge in [0, 0.05) is 52.3 Å². The molecule has 2 amide bonds. The number of fused-ring (bicyclic) bond motifs is 2. The molecule has 9 nitrogen and oxygen atoms in total. The van der Waals surface area contributed by atoms with Gasteiger partial charge < -0.3 is 14.4 Å². The maximum absolute atomic E-state index is 15.4. The van der Waals surface area contributed by atoms with Crippen LogP contribution < -0.4 is 0 Å². The van der Waals surface area contributed by atoms with Gasteiger partial charge in [0.15, 0.2) is 5.78 Å². The molecule has 2 saturated heterocycles.